The second-order valence-electron chi connectivity index (χ2n) is 7.32. The van der Waals surface area contributed by atoms with E-state index in [1.807, 2.05) is 41.9 Å². The SMILES string of the molecule is COc1cc(OC)c2cc(C(=O)NC3CCc4cc(OC)c(OC)cc43)n(C)c2c1. The Hall–Kier alpha value is -3.35. The number of nitrogens with zero attached hydrogens (tertiary/aromatic N) is 1. The van der Waals surface area contributed by atoms with E-state index < -0.39 is 0 Å². The molecule has 1 heterocycles. The van der Waals surface area contributed by atoms with Crippen LogP contribution in [0.1, 0.15) is 34.1 Å². The van der Waals surface area contributed by atoms with E-state index in [1.54, 1.807) is 28.4 Å². The monoisotopic (exact) mass is 410 g/mol. The van der Waals surface area contributed by atoms with E-state index in [-0.39, 0.29) is 11.9 Å². The van der Waals surface area contributed by atoms with Gasteiger partial charge in [0.1, 0.15) is 17.2 Å². The second-order valence-corrected chi connectivity index (χ2v) is 7.32. The number of hydrogen-bond acceptors (Lipinski definition) is 5. The van der Waals surface area contributed by atoms with Crippen molar-refractivity contribution in [2.24, 2.45) is 7.05 Å². The first-order chi connectivity index (χ1) is 14.5. The molecule has 1 unspecified atom stereocenters. The Balaban J connectivity index is 1.66. The van der Waals surface area contributed by atoms with Gasteiger partial charge in [0.15, 0.2) is 11.5 Å². The largest absolute Gasteiger partial charge is 0.497 e. The van der Waals surface area contributed by atoms with Crippen LogP contribution in [-0.4, -0.2) is 38.9 Å². The zero-order chi connectivity index (χ0) is 21.4. The number of carbonyl (C=O) groups is 1. The summed E-state index contributed by atoms with van der Waals surface area (Å²) in [5, 5.41) is 4.04. The lowest BCUT2D eigenvalue weighted by Gasteiger charge is -2.16. The van der Waals surface area contributed by atoms with Crippen LogP contribution in [0.5, 0.6) is 23.0 Å². The number of amides is 1. The molecule has 0 fully saturated rings. The summed E-state index contributed by atoms with van der Waals surface area (Å²) in [5.74, 6) is 2.58. The van der Waals surface area contributed by atoms with Crippen molar-refractivity contribution < 1.29 is 23.7 Å². The highest BCUT2D eigenvalue weighted by atomic mass is 16.5. The molecule has 1 aliphatic rings. The number of benzene rings is 2. The van der Waals surface area contributed by atoms with Crippen molar-refractivity contribution >= 4 is 16.8 Å². The van der Waals surface area contributed by atoms with E-state index in [2.05, 4.69) is 5.32 Å². The molecule has 2 aromatic carbocycles. The number of methoxy groups -OCH3 is 4. The lowest BCUT2D eigenvalue weighted by atomic mass is 10.1. The zero-order valence-corrected chi connectivity index (χ0v) is 17.9. The first-order valence-electron chi connectivity index (χ1n) is 9.77. The van der Waals surface area contributed by atoms with Crippen LogP contribution in [0.4, 0.5) is 0 Å². The van der Waals surface area contributed by atoms with Crippen LogP contribution in [0.2, 0.25) is 0 Å². The first kappa shape index (κ1) is 19.9. The Labute approximate surface area is 175 Å². The smallest absolute Gasteiger partial charge is 0.268 e. The molecule has 0 bridgehead atoms. The Morgan fingerprint density at radius 3 is 2.30 bits per heavy atom. The summed E-state index contributed by atoms with van der Waals surface area (Å²) in [6, 6.07) is 9.44. The van der Waals surface area contributed by atoms with Crippen molar-refractivity contribution in [3.63, 3.8) is 0 Å². The Morgan fingerprint density at radius 2 is 1.63 bits per heavy atom. The van der Waals surface area contributed by atoms with Crippen LogP contribution in [0.15, 0.2) is 30.3 Å². The van der Waals surface area contributed by atoms with E-state index in [0.29, 0.717) is 28.7 Å². The number of aryl methyl sites for hydroxylation is 2. The number of ether oxygens (including phenoxy) is 4. The molecule has 3 aromatic rings. The van der Waals surface area contributed by atoms with Gasteiger partial charge >= 0.3 is 0 Å². The molecule has 1 aromatic heterocycles. The molecule has 7 heteroatoms. The molecule has 0 saturated carbocycles. The first-order valence-corrected chi connectivity index (χ1v) is 9.77. The molecular weight excluding hydrogens is 384 g/mol. The van der Waals surface area contributed by atoms with Gasteiger partial charge in [-0.05, 0) is 42.2 Å². The maximum atomic E-state index is 13.2. The van der Waals surface area contributed by atoms with E-state index in [0.717, 1.165) is 29.3 Å². The minimum atomic E-state index is -0.137. The summed E-state index contributed by atoms with van der Waals surface area (Å²) >= 11 is 0. The predicted molar refractivity (Wildman–Crippen MR) is 114 cm³/mol. The molecule has 0 aliphatic heterocycles. The van der Waals surface area contributed by atoms with Crippen LogP contribution in [-0.2, 0) is 13.5 Å². The molecule has 1 amide bonds. The van der Waals surface area contributed by atoms with Gasteiger partial charge in [0, 0.05) is 24.6 Å². The van der Waals surface area contributed by atoms with Crippen LogP contribution in [0.3, 0.4) is 0 Å². The molecule has 7 nitrogen and oxygen atoms in total. The number of hydrogen-bond donors (Lipinski definition) is 1. The van der Waals surface area contributed by atoms with Gasteiger partial charge in [-0.1, -0.05) is 0 Å². The van der Waals surface area contributed by atoms with Crippen molar-refractivity contribution in [1.29, 1.82) is 0 Å². The maximum absolute atomic E-state index is 13.2. The normalized spacial score (nSPS) is 15.0. The van der Waals surface area contributed by atoms with Gasteiger partial charge < -0.3 is 28.8 Å². The second kappa shape index (κ2) is 7.82. The molecule has 1 atom stereocenters. The Kier molecular flexibility index (Phi) is 5.20. The van der Waals surface area contributed by atoms with Gasteiger partial charge in [0.05, 0.1) is 40.0 Å². The van der Waals surface area contributed by atoms with Crippen LogP contribution < -0.4 is 24.3 Å². The van der Waals surface area contributed by atoms with Crippen molar-refractivity contribution in [3.05, 3.63) is 47.2 Å². The van der Waals surface area contributed by atoms with Crippen LogP contribution in [0.25, 0.3) is 10.9 Å². The topological polar surface area (TPSA) is 71.0 Å². The highest BCUT2D eigenvalue weighted by Gasteiger charge is 2.28. The average molecular weight is 410 g/mol. The molecule has 4 rings (SSSR count). The van der Waals surface area contributed by atoms with Crippen LogP contribution in [0, 0.1) is 0 Å². The third kappa shape index (κ3) is 3.20. The van der Waals surface area contributed by atoms with E-state index in [1.165, 1.54) is 5.56 Å². The van der Waals surface area contributed by atoms with Gasteiger partial charge in [0.2, 0.25) is 0 Å². The summed E-state index contributed by atoms with van der Waals surface area (Å²) in [5.41, 5.74) is 3.67. The fraction of sp³-hybridized carbons (Fsp3) is 0.348. The van der Waals surface area contributed by atoms with E-state index in [4.69, 9.17) is 18.9 Å². The zero-order valence-electron chi connectivity index (χ0n) is 17.9. The van der Waals surface area contributed by atoms with Crippen molar-refractivity contribution in [2.75, 3.05) is 28.4 Å². The third-order valence-corrected chi connectivity index (χ3v) is 5.81. The minimum Gasteiger partial charge on any atom is -0.497 e. The summed E-state index contributed by atoms with van der Waals surface area (Å²) < 4.78 is 23.6. The number of nitrogens with one attached hydrogen (secondary N) is 1. The molecule has 1 N–H and O–H groups in total. The summed E-state index contributed by atoms with van der Waals surface area (Å²) in [7, 11) is 8.33. The summed E-state index contributed by atoms with van der Waals surface area (Å²) in [6.45, 7) is 0. The summed E-state index contributed by atoms with van der Waals surface area (Å²) in [6.07, 6.45) is 1.71. The molecule has 0 radical (unpaired) electrons. The van der Waals surface area contributed by atoms with Crippen molar-refractivity contribution in [1.82, 2.24) is 9.88 Å². The fourth-order valence-corrected chi connectivity index (χ4v) is 4.19. The lowest BCUT2D eigenvalue weighted by Crippen LogP contribution is -2.28. The van der Waals surface area contributed by atoms with Gasteiger partial charge in [0.25, 0.3) is 5.91 Å². The van der Waals surface area contributed by atoms with E-state index in [9.17, 15) is 4.79 Å². The van der Waals surface area contributed by atoms with Crippen molar-refractivity contribution in [3.8, 4) is 23.0 Å². The quantitative estimate of drug-likeness (QED) is 0.672. The highest BCUT2D eigenvalue weighted by Crippen LogP contribution is 2.39. The average Bonchev–Trinajstić information content (AvgIpc) is 3.32. The number of fused-ring (bicyclic) bond motifs is 2. The Morgan fingerprint density at radius 1 is 0.933 bits per heavy atom. The van der Waals surface area contributed by atoms with Gasteiger partial charge in [-0.2, -0.15) is 0 Å². The van der Waals surface area contributed by atoms with Crippen molar-refractivity contribution in [2.45, 2.75) is 18.9 Å². The lowest BCUT2D eigenvalue weighted by molar-refractivity contribution is 0.0929. The fourth-order valence-electron chi connectivity index (χ4n) is 4.19. The highest BCUT2D eigenvalue weighted by molar-refractivity contribution is 6.01. The van der Waals surface area contributed by atoms with Gasteiger partial charge in [-0.15, -0.1) is 0 Å². The standard InChI is InChI=1S/C23H26N2O5/c1-25-18-9-14(27-2)10-20(28-3)16(18)11-19(25)23(26)24-17-7-6-13-8-21(29-4)22(30-5)12-15(13)17/h8-12,17H,6-7H2,1-5H3,(H,24,26). The number of carbonyl (C=O) groups excluding carboxylic acids is 1. The van der Waals surface area contributed by atoms with Gasteiger partial charge in [-0.3, -0.25) is 4.79 Å². The molecular formula is C23H26N2O5. The minimum absolute atomic E-state index is 0.0817. The predicted octanol–water partition coefficient (Wildman–Crippen LogP) is 3.63. The Bertz CT molecular complexity index is 1120. The van der Waals surface area contributed by atoms with Crippen LogP contribution >= 0.6 is 0 Å². The van der Waals surface area contributed by atoms with Gasteiger partial charge in [-0.25, -0.2) is 0 Å². The summed E-state index contributed by atoms with van der Waals surface area (Å²) in [4.78, 5) is 13.2. The molecule has 1 aliphatic carbocycles. The number of aromatic nitrogens is 1. The molecule has 30 heavy (non-hydrogen) atoms. The van der Waals surface area contributed by atoms with E-state index >= 15 is 0 Å². The molecule has 0 spiro atoms. The molecule has 0 saturated heterocycles. The third-order valence-electron chi connectivity index (χ3n) is 5.81. The maximum Gasteiger partial charge on any atom is 0.268 e. The molecule has 158 valence electrons. The number of rotatable bonds is 6.